The Hall–Kier alpha value is -2.73. The molecule has 2 aromatic carbocycles. The van der Waals surface area contributed by atoms with Crippen LogP contribution in [0.5, 0.6) is 0 Å². The van der Waals surface area contributed by atoms with Crippen molar-refractivity contribution in [3.8, 4) is 0 Å². The van der Waals surface area contributed by atoms with Crippen LogP contribution in [0.3, 0.4) is 0 Å². The Morgan fingerprint density at radius 2 is 1.88 bits per heavy atom. The number of carbonyl (C=O) groups excluding carboxylic acids is 2. The predicted octanol–water partition coefficient (Wildman–Crippen LogP) is 1.36. The topological polar surface area (TPSA) is 53.9 Å². The molecule has 1 aliphatic heterocycles. The van der Waals surface area contributed by atoms with Gasteiger partial charge in [0.1, 0.15) is 18.9 Å². The molecular weight excluding hydrogens is 333 g/mol. The zero-order chi connectivity index (χ0) is 18.1. The molecule has 1 heterocycles. The van der Waals surface area contributed by atoms with Crippen LogP contribution in [0.1, 0.15) is 18.4 Å². The summed E-state index contributed by atoms with van der Waals surface area (Å²) < 4.78 is 13.1. The molecule has 26 heavy (non-hydrogen) atoms. The minimum atomic E-state index is -0.256. The summed E-state index contributed by atoms with van der Waals surface area (Å²) in [5.41, 5.74) is 2.43. The van der Waals surface area contributed by atoms with Gasteiger partial charge in [0, 0.05) is 18.4 Å². The second-order valence-corrected chi connectivity index (χ2v) is 6.96. The summed E-state index contributed by atoms with van der Waals surface area (Å²) >= 11 is 0. The van der Waals surface area contributed by atoms with E-state index >= 15 is 0 Å². The second-order valence-electron chi connectivity index (χ2n) is 6.96. The van der Waals surface area contributed by atoms with Gasteiger partial charge in [0.05, 0.1) is 17.4 Å². The number of halogens is 1. The molecule has 4 rings (SSSR count). The molecule has 2 N–H and O–H groups in total. The number of carbonyl (C=O) groups is 2. The van der Waals surface area contributed by atoms with Gasteiger partial charge in [-0.15, -0.1) is 0 Å². The van der Waals surface area contributed by atoms with Crippen LogP contribution in [-0.2, 0) is 16.1 Å². The van der Waals surface area contributed by atoms with Crippen LogP contribution < -0.4 is 15.1 Å². The Kier molecular flexibility index (Phi) is 4.42. The van der Waals surface area contributed by atoms with E-state index in [1.807, 2.05) is 18.2 Å². The second kappa shape index (κ2) is 6.88. The van der Waals surface area contributed by atoms with Crippen molar-refractivity contribution in [3.05, 3.63) is 59.9 Å². The molecule has 0 radical (unpaired) electrons. The highest BCUT2D eigenvalue weighted by Gasteiger charge is 2.37. The van der Waals surface area contributed by atoms with Gasteiger partial charge in [0.25, 0.3) is 5.91 Å². The van der Waals surface area contributed by atoms with Gasteiger partial charge in [-0.1, -0.05) is 24.3 Å². The highest BCUT2D eigenvalue weighted by molar-refractivity contribution is 6.10. The number of hydrogen-bond acceptors (Lipinski definition) is 2. The van der Waals surface area contributed by atoms with Gasteiger partial charge in [-0.25, -0.2) is 4.39 Å². The number of quaternary nitrogens is 1. The Labute approximate surface area is 151 Å². The summed E-state index contributed by atoms with van der Waals surface area (Å²) in [6, 6.07) is 14.2. The van der Waals surface area contributed by atoms with E-state index in [0.29, 0.717) is 24.8 Å². The van der Waals surface area contributed by atoms with Crippen molar-refractivity contribution < 1.29 is 18.9 Å². The van der Waals surface area contributed by atoms with E-state index in [0.717, 1.165) is 24.1 Å². The summed E-state index contributed by atoms with van der Waals surface area (Å²) in [4.78, 5) is 27.6. The van der Waals surface area contributed by atoms with E-state index in [4.69, 9.17) is 0 Å². The van der Waals surface area contributed by atoms with E-state index in [1.165, 1.54) is 17.0 Å². The number of benzene rings is 2. The van der Waals surface area contributed by atoms with E-state index in [-0.39, 0.29) is 24.2 Å². The highest BCUT2D eigenvalue weighted by Crippen LogP contribution is 2.28. The Balaban J connectivity index is 1.50. The number of hydrogen-bond donors (Lipinski definition) is 2. The standard InChI is InChI=1S/C20H20FN3O2/c21-15-7-5-14(6-8-15)11-23(16-9-10-16)13-20(26)24-12-19(25)22-17-3-1-2-4-18(17)24/h1-8,16H,9-13H2,(H,22,25)/p+1. The lowest BCUT2D eigenvalue weighted by molar-refractivity contribution is -0.917. The minimum Gasteiger partial charge on any atom is -0.323 e. The molecule has 6 heteroatoms. The molecule has 1 unspecified atom stereocenters. The molecule has 1 atom stereocenters. The van der Waals surface area contributed by atoms with Crippen LogP contribution >= 0.6 is 0 Å². The summed E-state index contributed by atoms with van der Waals surface area (Å²) in [5, 5.41) is 2.80. The van der Waals surface area contributed by atoms with Gasteiger partial charge >= 0.3 is 0 Å². The number of nitrogens with zero attached hydrogens (tertiary/aromatic N) is 1. The summed E-state index contributed by atoms with van der Waals surface area (Å²) in [7, 11) is 0. The van der Waals surface area contributed by atoms with Gasteiger partial charge < -0.3 is 10.2 Å². The first kappa shape index (κ1) is 16.7. The van der Waals surface area contributed by atoms with E-state index in [9.17, 15) is 14.0 Å². The molecule has 1 aliphatic carbocycles. The fraction of sp³-hybridized carbons (Fsp3) is 0.300. The van der Waals surface area contributed by atoms with Crippen LogP contribution in [0.4, 0.5) is 15.8 Å². The van der Waals surface area contributed by atoms with Crippen LogP contribution in [0, 0.1) is 5.82 Å². The summed E-state index contributed by atoms with van der Waals surface area (Å²) in [6.45, 7) is 1.05. The summed E-state index contributed by atoms with van der Waals surface area (Å²) in [6.07, 6.45) is 2.20. The Bertz CT molecular complexity index is 833. The average Bonchev–Trinajstić information content (AvgIpc) is 3.47. The molecule has 0 bridgehead atoms. The molecule has 0 aromatic heterocycles. The first-order valence-electron chi connectivity index (χ1n) is 8.88. The summed E-state index contributed by atoms with van der Waals surface area (Å²) in [5.74, 6) is -0.492. The SMILES string of the molecule is O=C1CN(C(=O)C[NH+](Cc2ccc(F)cc2)C2CC2)c2ccccc2N1. The molecule has 2 amide bonds. The molecule has 1 saturated carbocycles. The van der Waals surface area contributed by atoms with Crippen molar-refractivity contribution in [2.75, 3.05) is 23.3 Å². The van der Waals surface area contributed by atoms with Gasteiger partial charge in [0.2, 0.25) is 5.91 Å². The number of nitrogens with one attached hydrogen (secondary N) is 2. The Morgan fingerprint density at radius 3 is 2.62 bits per heavy atom. The first-order chi connectivity index (χ1) is 12.6. The minimum absolute atomic E-state index is 0.0460. The fourth-order valence-electron chi connectivity index (χ4n) is 3.45. The highest BCUT2D eigenvalue weighted by atomic mass is 19.1. The number of anilines is 2. The van der Waals surface area contributed by atoms with Gasteiger partial charge in [-0.3, -0.25) is 14.5 Å². The molecule has 5 nitrogen and oxygen atoms in total. The zero-order valence-corrected chi connectivity index (χ0v) is 14.4. The normalized spacial score (nSPS) is 17.4. The third-order valence-corrected chi connectivity index (χ3v) is 4.95. The molecule has 1 fully saturated rings. The molecule has 2 aromatic rings. The van der Waals surface area contributed by atoms with Crippen molar-refractivity contribution >= 4 is 23.2 Å². The average molecular weight is 354 g/mol. The van der Waals surface area contributed by atoms with Crippen molar-refractivity contribution in [1.82, 2.24) is 0 Å². The molecule has 2 aliphatic rings. The van der Waals surface area contributed by atoms with Gasteiger partial charge in [0.15, 0.2) is 6.54 Å². The van der Waals surface area contributed by atoms with E-state index < -0.39 is 0 Å². The van der Waals surface area contributed by atoms with Crippen LogP contribution in [0.2, 0.25) is 0 Å². The maximum absolute atomic E-state index is 13.1. The van der Waals surface area contributed by atoms with Crippen molar-refractivity contribution in [2.24, 2.45) is 0 Å². The van der Waals surface area contributed by atoms with Crippen LogP contribution in [-0.4, -0.2) is 30.9 Å². The number of rotatable bonds is 5. The molecule has 0 saturated heterocycles. The van der Waals surface area contributed by atoms with Gasteiger partial charge in [-0.05, 0) is 24.3 Å². The van der Waals surface area contributed by atoms with E-state index in [2.05, 4.69) is 5.32 Å². The third kappa shape index (κ3) is 3.60. The fourth-order valence-corrected chi connectivity index (χ4v) is 3.45. The largest absolute Gasteiger partial charge is 0.323 e. The molecule has 0 spiro atoms. The third-order valence-electron chi connectivity index (χ3n) is 4.95. The van der Waals surface area contributed by atoms with Gasteiger partial charge in [-0.2, -0.15) is 0 Å². The molecular formula is C20H21FN3O2+. The number of para-hydroxylation sites is 2. The maximum atomic E-state index is 13.1. The van der Waals surface area contributed by atoms with Crippen LogP contribution in [0.25, 0.3) is 0 Å². The number of amides is 2. The lowest BCUT2D eigenvalue weighted by Gasteiger charge is -2.30. The Morgan fingerprint density at radius 1 is 1.15 bits per heavy atom. The predicted molar refractivity (Wildman–Crippen MR) is 96.4 cm³/mol. The smallest absolute Gasteiger partial charge is 0.282 e. The lowest BCUT2D eigenvalue weighted by atomic mass is 10.1. The zero-order valence-electron chi connectivity index (χ0n) is 14.4. The quantitative estimate of drug-likeness (QED) is 0.852. The first-order valence-corrected chi connectivity index (χ1v) is 8.88. The van der Waals surface area contributed by atoms with Crippen LogP contribution in [0.15, 0.2) is 48.5 Å². The van der Waals surface area contributed by atoms with Crippen molar-refractivity contribution in [2.45, 2.75) is 25.4 Å². The molecule has 134 valence electrons. The van der Waals surface area contributed by atoms with E-state index in [1.54, 1.807) is 23.1 Å². The number of fused-ring (bicyclic) bond motifs is 1. The lowest BCUT2D eigenvalue weighted by Crippen LogP contribution is -3.13. The maximum Gasteiger partial charge on any atom is 0.282 e. The van der Waals surface area contributed by atoms with Crippen molar-refractivity contribution in [1.29, 1.82) is 0 Å². The monoisotopic (exact) mass is 354 g/mol. The van der Waals surface area contributed by atoms with Crippen molar-refractivity contribution in [3.63, 3.8) is 0 Å².